The highest BCUT2D eigenvalue weighted by Gasteiger charge is 2.41. The van der Waals surface area contributed by atoms with Gasteiger partial charge in [0.2, 0.25) is 5.95 Å². The van der Waals surface area contributed by atoms with E-state index in [1.165, 1.54) is 62.9 Å². The Kier molecular flexibility index (Phi) is 8.31. The first kappa shape index (κ1) is 31.5. The highest BCUT2D eigenvalue weighted by molar-refractivity contribution is 7.88. The molecule has 0 spiro atoms. The number of nitrogens with one attached hydrogen (secondary N) is 1. The number of carbonyl (C=O) groups excluding carboxylic acids is 1. The minimum absolute atomic E-state index is 0.0201. The Morgan fingerprint density at radius 3 is 2.47 bits per heavy atom. The van der Waals surface area contributed by atoms with Crippen LogP contribution in [0.25, 0.3) is 0 Å². The number of carbonyl (C=O) groups is 1. The van der Waals surface area contributed by atoms with Crippen LogP contribution >= 0.6 is 0 Å². The molecule has 3 aromatic rings. The molecule has 0 saturated heterocycles. The van der Waals surface area contributed by atoms with E-state index in [-0.39, 0.29) is 41.5 Å². The lowest BCUT2D eigenvalue weighted by Crippen LogP contribution is -2.38. The van der Waals surface area contributed by atoms with Crippen molar-refractivity contribution in [3.63, 3.8) is 0 Å². The molecule has 228 valence electrons. The molecule has 0 amide bonds. The third-order valence-electron chi connectivity index (χ3n) is 6.91. The van der Waals surface area contributed by atoms with Crippen LogP contribution in [-0.4, -0.2) is 47.6 Å². The zero-order valence-electron chi connectivity index (χ0n) is 23.8. The molecule has 0 fully saturated rings. The lowest BCUT2D eigenvalue weighted by Gasteiger charge is -2.36. The zero-order chi connectivity index (χ0) is 31.9. The van der Waals surface area contributed by atoms with Crippen molar-refractivity contribution in [2.24, 2.45) is 0 Å². The van der Waals surface area contributed by atoms with Crippen molar-refractivity contribution in [3.05, 3.63) is 86.5 Å². The Hall–Kier alpha value is -4.42. The van der Waals surface area contributed by atoms with Gasteiger partial charge in [-0.05, 0) is 75.6 Å². The number of anilines is 2. The van der Waals surface area contributed by atoms with E-state index in [1.54, 1.807) is 0 Å². The van der Waals surface area contributed by atoms with Crippen LogP contribution in [0.15, 0.2) is 58.5 Å². The van der Waals surface area contributed by atoms with Gasteiger partial charge in [-0.15, -0.1) is 5.10 Å². The van der Waals surface area contributed by atoms with Gasteiger partial charge in [0, 0.05) is 11.4 Å². The quantitative estimate of drug-likeness (QED) is 0.301. The monoisotopic (exact) mass is 619 g/mol. The van der Waals surface area contributed by atoms with Crippen molar-refractivity contribution in [3.8, 4) is 6.07 Å². The Balaban J connectivity index is 1.92. The number of fused-ring (bicyclic) bond motifs is 1. The van der Waals surface area contributed by atoms with Crippen LogP contribution in [0.4, 0.5) is 24.8 Å². The van der Waals surface area contributed by atoms with E-state index in [4.69, 9.17) is 8.92 Å². The van der Waals surface area contributed by atoms with Gasteiger partial charge in [-0.3, -0.25) is 9.08 Å². The summed E-state index contributed by atoms with van der Waals surface area (Å²) >= 11 is 0. The summed E-state index contributed by atoms with van der Waals surface area (Å²) in [5, 5.41) is 15.9. The van der Waals surface area contributed by atoms with Gasteiger partial charge in [-0.1, -0.05) is 12.1 Å². The topological polar surface area (TPSA) is 147 Å². The molecule has 43 heavy (non-hydrogen) atoms. The molecule has 2 aromatic carbocycles. The number of alkyl halides is 3. The number of esters is 1. The third kappa shape index (κ3) is 5.93. The summed E-state index contributed by atoms with van der Waals surface area (Å²) in [5.41, 5.74) is -0.795. The predicted molar refractivity (Wildman–Crippen MR) is 149 cm³/mol. The number of nitriles is 1. The van der Waals surface area contributed by atoms with Crippen LogP contribution in [0.5, 0.6) is 0 Å². The standard InChI is InChI=1S/C28H28F3N5O6S/c1-16-22(24(37)41-5)23(21-10-9-17(15-32)13-18(21)11-12-42-43(39,40)27(2,3)4)36-25(33-34-26(36)38)35(16)20-8-6-7-19(14-20)28(29,30)31/h6-10,13-14,23H,11-12H2,1-5H3,(H,34,38)/t23-/m1/s1. The number of halogens is 3. The number of hydrogen-bond donors (Lipinski definition) is 1. The Morgan fingerprint density at radius 2 is 1.86 bits per heavy atom. The highest BCUT2D eigenvalue weighted by Crippen LogP contribution is 2.43. The molecular formula is C28H28F3N5O6S. The van der Waals surface area contributed by atoms with Crippen molar-refractivity contribution in [2.45, 2.75) is 51.1 Å². The average Bonchev–Trinajstić information content (AvgIpc) is 3.31. The summed E-state index contributed by atoms with van der Waals surface area (Å²) in [6.07, 6.45) is -4.70. The molecule has 11 nitrogen and oxygen atoms in total. The van der Waals surface area contributed by atoms with Crippen molar-refractivity contribution in [2.75, 3.05) is 18.6 Å². The average molecular weight is 620 g/mol. The van der Waals surface area contributed by atoms with Gasteiger partial charge < -0.3 is 4.74 Å². The van der Waals surface area contributed by atoms with Gasteiger partial charge >= 0.3 is 17.8 Å². The normalized spacial score (nSPS) is 15.7. The second-order valence-electron chi connectivity index (χ2n) is 10.6. The fourth-order valence-electron chi connectivity index (χ4n) is 4.68. The summed E-state index contributed by atoms with van der Waals surface area (Å²) in [7, 11) is -2.84. The number of nitrogens with zero attached hydrogens (tertiary/aromatic N) is 4. The number of allylic oxidation sites excluding steroid dienone is 1. The van der Waals surface area contributed by atoms with Crippen LogP contribution in [0.3, 0.4) is 0 Å². The van der Waals surface area contributed by atoms with E-state index in [9.17, 15) is 36.4 Å². The van der Waals surface area contributed by atoms with Gasteiger partial charge in [0.15, 0.2) is 0 Å². The van der Waals surface area contributed by atoms with Gasteiger partial charge in [0.25, 0.3) is 10.1 Å². The van der Waals surface area contributed by atoms with Crippen LogP contribution in [-0.2, 0) is 36.4 Å². The molecule has 2 heterocycles. The van der Waals surface area contributed by atoms with Crippen LogP contribution in [0.1, 0.15) is 56.0 Å². The third-order valence-corrected chi connectivity index (χ3v) is 8.88. The molecule has 0 bridgehead atoms. The van der Waals surface area contributed by atoms with E-state index >= 15 is 0 Å². The molecule has 1 aromatic heterocycles. The number of benzene rings is 2. The van der Waals surface area contributed by atoms with Crippen molar-refractivity contribution in [1.82, 2.24) is 14.8 Å². The zero-order valence-corrected chi connectivity index (χ0v) is 24.6. The number of H-pyrrole nitrogens is 1. The van der Waals surface area contributed by atoms with Crippen molar-refractivity contribution >= 4 is 27.7 Å². The molecule has 0 unspecified atom stereocenters. The number of aromatic nitrogens is 3. The first-order valence-corrected chi connectivity index (χ1v) is 14.3. The minimum Gasteiger partial charge on any atom is -0.466 e. The fourth-order valence-corrected chi connectivity index (χ4v) is 5.33. The smallest absolute Gasteiger partial charge is 0.416 e. The number of hydrogen-bond acceptors (Lipinski definition) is 9. The van der Waals surface area contributed by atoms with Gasteiger partial charge in [-0.2, -0.15) is 26.9 Å². The Bertz CT molecular complexity index is 1810. The maximum absolute atomic E-state index is 13.6. The van der Waals surface area contributed by atoms with E-state index in [2.05, 4.69) is 10.2 Å². The molecule has 1 aliphatic heterocycles. The number of ether oxygens (including phenoxy) is 1. The molecule has 0 aliphatic carbocycles. The SMILES string of the molecule is COC(=O)C1=C(C)N(c2cccc(C(F)(F)F)c2)c2n[nH]c(=O)n2[C@@H]1c1ccc(C#N)cc1CCOS(=O)(=O)C(C)(C)C. The summed E-state index contributed by atoms with van der Waals surface area (Å²) in [6.45, 7) is 5.60. The summed E-state index contributed by atoms with van der Waals surface area (Å²) in [4.78, 5) is 27.8. The molecule has 4 rings (SSSR count). The number of aromatic amines is 1. The first-order valence-electron chi connectivity index (χ1n) is 12.9. The molecule has 15 heteroatoms. The van der Waals surface area contributed by atoms with Crippen LogP contribution < -0.4 is 10.6 Å². The van der Waals surface area contributed by atoms with Gasteiger partial charge in [-0.25, -0.2) is 19.3 Å². The molecule has 0 saturated carbocycles. The molecule has 1 aliphatic rings. The predicted octanol–water partition coefficient (Wildman–Crippen LogP) is 4.34. The number of methoxy groups -OCH3 is 1. The second-order valence-corrected chi connectivity index (χ2v) is 13.0. The summed E-state index contributed by atoms with van der Waals surface area (Å²) < 4.78 is 75.9. The summed E-state index contributed by atoms with van der Waals surface area (Å²) in [5.74, 6) is -0.985. The summed E-state index contributed by atoms with van der Waals surface area (Å²) in [6, 6.07) is 9.56. The van der Waals surface area contributed by atoms with Crippen molar-refractivity contribution < 1.29 is 35.3 Å². The maximum atomic E-state index is 13.6. The van der Waals surface area contributed by atoms with E-state index < -0.39 is 44.3 Å². The fraction of sp³-hybridized carbons (Fsp3) is 0.357. The Labute approximate surface area is 245 Å². The van der Waals surface area contributed by atoms with E-state index in [0.29, 0.717) is 11.1 Å². The largest absolute Gasteiger partial charge is 0.466 e. The van der Waals surface area contributed by atoms with Crippen LogP contribution in [0.2, 0.25) is 0 Å². The van der Waals surface area contributed by atoms with E-state index in [1.807, 2.05) is 6.07 Å². The van der Waals surface area contributed by atoms with Gasteiger partial charge in [0.1, 0.15) is 6.04 Å². The highest BCUT2D eigenvalue weighted by atomic mass is 32.2. The van der Waals surface area contributed by atoms with Gasteiger partial charge in [0.05, 0.1) is 41.2 Å². The lowest BCUT2D eigenvalue weighted by molar-refractivity contribution is -0.138. The molecule has 1 atom stereocenters. The van der Waals surface area contributed by atoms with Crippen molar-refractivity contribution in [1.29, 1.82) is 5.26 Å². The lowest BCUT2D eigenvalue weighted by atomic mass is 9.89. The molecular weight excluding hydrogens is 591 g/mol. The Morgan fingerprint density at radius 1 is 1.16 bits per heavy atom. The number of rotatable bonds is 7. The maximum Gasteiger partial charge on any atom is 0.416 e. The first-order chi connectivity index (χ1) is 20.0. The minimum atomic E-state index is -4.66. The molecule has 0 radical (unpaired) electrons. The van der Waals surface area contributed by atoms with Crippen LogP contribution in [0, 0.1) is 11.3 Å². The second kappa shape index (κ2) is 11.3. The molecule has 1 N–H and O–H groups in total. The van der Waals surface area contributed by atoms with E-state index in [0.717, 1.165) is 23.8 Å².